The summed E-state index contributed by atoms with van der Waals surface area (Å²) in [4.78, 5) is 17.0. The van der Waals surface area contributed by atoms with Gasteiger partial charge in [0.25, 0.3) is 0 Å². The van der Waals surface area contributed by atoms with Crippen LogP contribution < -0.4 is 0 Å². The lowest BCUT2D eigenvalue weighted by atomic mass is 9.86. The molecule has 2 aromatic rings. The van der Waals surface area contributed by atoms with E-state index >= 15 is 0 Å². The van der Waals surface area contributed by atoms with Gasteiger partial charge in [0.1, 0.15) is 0 Å². The van der Waals surface area contributed by atoms with Crippen molar-refractivity contribution in [2.24, 2.45) is 5.92 Å². The van der Waals surface area contributed by atoms with Crippen molar-refractivity contribution in [1.29, 1.82) is 0 Å². The molecule has 0 amide bonds. The van der Waals surface area contributed by atoms with Gasteiger partial charge in [-0.2, -0.15) is 0 Å². The van der Waals surface area contributed by atoms with Crippen molar-refractivity contribution >= 4 is 5.78 Å². The summed E-state index contributed by atoms with van der Waals surface area (Å²) in [5.41, 5.74) is 0.992. The number of alkyl halides is 1. The monoisotopic (exact) mass is 327 g/mol. The molecule has 3 aliphatic rings. The lowest BCUT2D eigenvalue weighted by Crippen LogP contribution is -2.26. The molecule has 1 aromatic heterocycles. The molecular formula is C18H18FN3O2. The first kappa shape index (κ1) is 14.3. The van der Waals surface area contributed by atoms with E-state index in [9.17, 15) is 9.18 Å². The van der Waals surface area contributed by atoms with Crippen LogP contribution in [0.3, 0.4) is 0 Å². The van der Waals surface area contributed by atoms with Gasteiger partial charge in [-0.05, 0) is 24.8 Å². The fourth-order valence-corrected chi connectivity index (χ4v) is 4.32. The number of aromatic nitrogens is 3. The zero-order valence-electron chi connectivity index (χ0n) is 13.1. The van der Waals surface area contributed by atoms with Gasteiger partial charge in [-0.25, -0.2) is 14.1 Å². The zero-order chi connectivity index (χ0) is 16.3. The van der Waals surface area contributed by atoms with E-state index in [-0.39, 0.29) is 41.6 Å². The van der Waals surface area contributed by atoms with Gasteiger partial charge in [-0.1, -0.05) is 30.3 Å². The number of fused-ring (bicyclic) bond motifs is 3. The lowest BCUT2D eigenvalue weighted by molar-refractivity contribution is 0.0734. The van der Waals surface area contributed by atoms with Crippen LogP contribution in [0, 0.1) is 5.92 Å². The summed E-state index contributed by atoms with van der Waals surface area (Å²) in [6, 6.07) is 9.50. The van der Waals surface area contributed by atoms with E-state index < -0.39 is 6.17 Å². The second-order valence-corrected chi connectivity index (χ2v) is 6.95. The van der Waals surface area contributed by atoms with Crippen LogP contribution in [-0.2, 0) is 4.74 Å². The van der Waals surface area contributed by atoms with Gasteiger partial charge in [0.15, 0.2) is 12.0 Å². The van der Waals surface area contributed by atoms with Crippen LogP contribution in [0.2, 0.25) is 0 Å². The van der Waals surface area contributed by atoms with Gasteiger partial charge in [-0.3, -0.25) is 4.79 Å². The number of halogens is 1. The van der Waals surface area contributed by atoms with E-state index in [0.717, 1.165) is 24.8 Å². The molecule has 5 nitrogen and oxygen atoms in total. The third kappa shape index (κ3) is 2.05. The van der Waals surface area contributed by atoms with E-state index in [1.165, 1.54) is 0 Å². The van der Waals surface area contributed by atoms with Gasteiger partial charge >= 0.3 is 0 Å². The molecule has 0 radical (unpaired) electrons. The van der Waals surface area contributed by atoms with Crippen LogP contribution in [0.25, 0.3) is 0 Å². The standard InChI is InChI=1S/C18H18FN3O2/c19-13-9-14(10-4-2-1-3-5-10)22-18(13)20-17(21-22)16(23)12-8-11-6-7-15(12)24-11/h1-5,11-15H,6-9H2. The number of hydrogen-bond acceptors (Lipinski definition) is 4. The van der Waals surface area contributed by atoms with E-state index in [1.54, 1.807) is 4.68 Å². The third-order valence-corrected chi connectivity index (χ3v) is 5.51. The van der Waals surface area contributed by atoms with Gasteiger partial charge in [-0.15, -0.1) is 5.10 Å². The maximum absolute atomic E-state index is 14.4. The molecule has 2 saturated heterocycles. The SMILES string of the molecule is O=C(c1nc2n(n1)C(c1ccccc1)CC2F)C1CC2CCC1O2. The Kier molecular flexibility index (Phi) is 3.10. The summed E-state index contributed by atoms with van der Waals surface area (Å²) in [5.74, 6) is 0.161. The molecule has 5 rings (SSSR count). The number of carbonyl (C=O) groups excluding carboxylic acids is 1. The van der Waals surface area contributed by atoms with Crippen molar-refractivity contribution in [3.05, 3.63) is 47.5 Å². The minimum absolute atomic E-state index is 0.00747. The van der Waals surface area contributed by atoms with Crippen LogP contribution in [0.1, 0.15) is 59.9 Å². The molecule has 6 heteroatoms. The second kappa shape index (κ2) is 5.21. The van der Waals surface area contributed by atoms with Gasteiger partial charge in [0.05, 0.1) is 24.2 Å². The average Bonchev–Trinajstić information content (AvgIpc) is 3.37. The normalized spacial score (nSPS) is 33.8. The maximum atomic E-state index is 14.4. The Hall–Kier alpha value is -2.08. The number of ether oxygens (including phenoxy) is 1. The molecule has 0 saturated carbocycles. The highest BCUT2D eigenvalue weighted by Gasteiger charge is 2.46. The summed E-state index contributed by atoms with van der Waals surface area (Å²) < 4.78 is 21.8. The van der Waals surface area contributed by atoms with Gasteiger partial charge in [0, 0.05) is 6.42 Å². The lowest BCUT2D eigenvalue weighted by Gasteiger charge is -2.15. The summed E-state index contributed by atoms with van der Waals surface area (Å²) in [5, 5.41) is 4.39. The highest BCUT2D eigenvalue weighted by atomic mass is 19.1. The number of ketones is 1. The number of rotatable bonds is 3. The summed E-state index contributed by atoms with van der Waals surface area (Å²) in [6.07, 6.45) is 2.04. The predicted octanol–water partition coefficient (Wildman–Crippen LogP) is 3.03. The fraction of sp³-hybridized carbons (Fsp3) is 0.500. The Balaban J connectivity index is 1.46. The Morgan fingerprint density at radius 1 is 1.21 bits per heavy atom. The minimum atomic E-state index is -1.18. The number of hydrogen-bond donors (Lipinski definition) is 0. The van der Waals surface area contributed by atoms with E-state index in [2.05, 4.69) is 10.1 Å². The number of nitrogens with zero attached hydrogens (tertiary/aromatic N) is 3. The number of benzene rings is 1. The van der Waals surface area contributed by atoms with Crippen molar-refractivity contribution in [2.75, 3.05) is 0 Å². The van der Waals surface area contributed by atoms with Crippen LogP contribution in [0.4, 0.5) is 4.39 Å². The molecule has 2 bridgehead atoms. The highest BCUT2D eigenvalue weighted by molar-refractivity contribution is 5.95. The zero-order valence-corrected chi connectivity index (χ0v) is 13.1. The number of carbonyl (C=O) groups is 1. The predicted molar refractivity (Wildman–Crippen MR) is 83.4 cm³/mol. The quantitative estimate of drug-likeness (QED) is 0.813. The molecule has 0 spiro atoms. The largest absolute Gasteiger partial charge is 0.374 e. The van der Waals surface area contributed by atoms with E-state index in [1.807, 2.05) is 30.3 Å². The molecule has 0 N–H and O–H groups in total. The van der Waals surface area contributed by atoms with Crippen molar-refractivity contribution in [3.8, 4) is 0 Å². The molecular weight excluding hydrogens is 309 g/mol. The Morgan fingerprint density at radius 3 is 2.75 bits per heavy atom. The molecule has 5 unspecified atom stereocenters. The first-order valence-electron chi connectivity index (χ1n) is 8.56. The minimum Gasteiger partial charge on any atom is -0.374 e. The van der Waals surface area contributed by atoms with Crippen molar-refractivity contribution in [1.82, 2.24) is 14.8 Å². The molecule has 3 aliphatic heterocycles. The first-order valence-corrected chi connectivity index (χ1v) is 8.56. The highest BCUT2D eigenvalue weighted by Crippen LogP contribution is 2.42. The van der Waals surface area contributed by atoms with Crippen LogP contribution >= 0.6 is 0 Å². The molecule has 24 heavy (non-hydrogen) atoms. The van der Waals surface area contributed by atoms with E-state index in [4.69, 9.17) is 4.74 Å². The van der Waals surface area contributed by atoms with Gasteiger partial charge in [0.2, 0.25) is 11.6 Å². The van der Waals surface area contributed by atoms with Crippen LogP contribution in [-0.4, -0.2) is 32.8 Å². The second-order valence-electron chi connectivity index (χ2n) is 6.95. The van der Waals surface area contributed by atoms with Crippen molar-refractivity contribution in [3.63, 3.8) is 0 Å². The Bertz CT molecular complexity index is 791. The van der Waals surface area contributed by atoms with E-state index in [0.29, 0.717) is 6.42 Å². The Labute approximate surface area is 138 Å². The van der Waals surface area contributed by atoms with Crippen molar-refractivity contribution in [2.45, 2.75) is 50.1 Å². The summed E-state index contributed by atoms with van der Waals surface area (Å²) in [7, 11) is 0. The third-order valence-electron chi connectivity index (χ3n) is 5.51. The summed E-state index contributed by atoms with van der Waals surface area (Å²) >= 11 is 0. The molecule has 1 aromatic carbocycles. The molecule has 5 atom stereocenters. The first-order chi connectivity index (χ1) is 11.7. The fourth-order valence-electron chi connectivity index (χ4n) is 4.32. The van der Waals surface area contributed by atoms with Gasteiger partial charge < -0.3 is 4.74 Å². The van der Waals surface area contributed by atoms with Crippen LogP contribution in [0.15, 0.2) is 30.3 Å². The van der Waals surface area contributed by atoms with Crippen LogP contribution in [0.5, 0.6) is 0 Å². The maximum Gasteiger partial charge on any atom is 0.218 e. The topological polar surface area (TPSA) is 57.0 Å². The molecule has 0 aliphatic carbocycles. The average molecular weight is 327 g/mol. The van der Waals surface area contributed by atoms with Crippen molar-refractivity contribution < 1.29 is 13.9 Å². The smallest absolute Gasteiger partial charge is 0.218 e. The Morgan fingerprint density at radius 2 is 2.04 bits per heavy atom. The molecule has 4 heterocycles. The summed E-state index contributed by atoms with van der Waals surface area (Å²) in [6.45, 7) is 0. The number of Topliss-reactive ketones (excluding diaryl/α,β-unsaturated/α-hetero) is 1. The molecule has 124 valence electrons. The molecule has 2 fully saturated rings.